The minimum atomic E-state index is -1.33. The molecular weight excluding hydrogens is 414 g/mol. The third kappa shape index (κ3) is 4.87. The Kier molecular flexibility index (Phi) is 6.51. The number of benzene rings is 1. The van der Waals surface area contributed by atoms with Gasteiger partial charge in [0.2, 0.25) is 0 Å². The first kappa shape index (κ1) is 21.7. The Bertz CT molecular complexity index is 950. The number of aryl methyl sites for hydroxylation is 1. The standard InChI is InChI=1S/C25H26ClNO4/c26-20-9-3-5-17(13-20)10-11-25(19-7-1-2-8-19)15-22(29)23(24(30)31-25)21(28)14-18-6-4-12-27-16-18/h3-6,9,12-13,16,19,23H,1-2,7-8,10-11,14-15H2. The van der Waals surface area contributed by atoms with E-state index in [0.29, 0.717) is 23.4 Å². The Balaban J connectivity index is 1.52. The van der Waals surface area contributed by atoms with E-state index < -0.39 is 23.3 Å². The van der Waals surface area contributed by atoms with Crippen molar-refractivity contribution >= 4 is 29.1 Å². The molecule has 0 spiro atoms. The molecule has 2 fully saturated rings. The van der Waals surface area contributed by atoms with Crippen LogP contribution in [0.1, 0.15) is 49.7 Å². The van der Waals surface area contributed by atoms with Gasteiger partial charge in [0.05, 0.1) is 0 Å². The van der Waals surface area contributed by atoms with E-state index >= 15 is 0 Å². The number of esters is 1. The maximum atomic E-state index is 13.1. The van der Waals surface area contributed by atoms with Crippen molar-refractivity contribution < 1.29 is 19.1 Å². The SMILES string of the molecule is O=C(Cc1cccnc1)C1C(=O)CC(CCc2cccc(Cl)c2)(C2CCCC2)OC1=O. The van der Waals surface area contributed by atoms with Crippen LogP contribution in [0.3, 0.4) is 0 Å². The van der Waals surface area contributed by atoms with Gasteiger partial charge in [-0.2, -0.15) is 0 Å². The number of hydrogen-bond donors (Lipinski definition) is 0. The third-order valence-electron chi connectivity index (χ3n) is 6.58. The number of Topliss-reactive ketones (excluding diaryl/α,β-unsaturated/α-hetero) is 2. The van der Waals surface area contributed by atoms with Crippen LogP contribution in [0.2, 0.25) is 5.02 Å². The molecule has 1 saturated heterocycles. The number of pyridine rings is 1. The lowest BCUT2D eigenvalue weighted by molar-refractivity contribution is -0.186. The third-order valence-corrected chi connectivity index (χ3v) is 6.82. The number of rotatable bonds is 7. The van der Waals surface area contributed by atoms with Crippen molar-refractivity contribution in [2.24, 2.45) is 11.8 Å². The van der Waals surface area contributed by atoms with Crippen molar-refractivity contribution in [3.8, 4) is 0 Å². The highest BCUT2D eigenvalue weighted by atomic mass is 35.5. The molecule has 0 radical (unpaired) electrons. The molecular formula is C25H26ClNO4. The molecule has 2 unspecified atom stereocenters. The van der Waals surface area contributed by atoms with Crippen LogP contribution >= 0.6 is 11.6 Å². The van der Waals surface area contributed by atoms with Crippen LogP contribution in [0, 0.1) is 11.8 Å². The molecule has 1 saturated carbocycles. The molecule has 1 aliphatic heterocycles. The first-order chi connectivity index (χ1) is 15.0. The van der Waals surface area contributed by atoms with Crippen molar-refractivity contribution in [2.45, 2.75) is 57.0 Å². The second-order valence-corrected chi connectivity index (χ2v) is 9.11. The highest BCUT2D eigenvalue weighted by molar-refractivity contribution is 6.30. The van der Waals surface area contributed by atoms with E-state index in [1.165, 1.54) is 0 Å². The summed E-state index contributed by atoms with van der Waals surface area (Å²) in [5.74, 6) is -2.61. The molecule has 0 amide bonds. The van der Waals surface area contributed by atoms with Gasteiger partial charge < -0.3 is 4.74 Å². The molecule has 0 N–H and O–H groups in total. The normalized spacial score (nSPS) is 24.2. The molecule has 31 heavy (non-hydrogen) atoms. The summed E-state index contributed by atoms with van der Waals surface area (Å²) in [6, 6.07) is 11.1. The Morgan fingerprint density at radius 3 is 2.58 bits per heavy atom. The average molecular weight is 440 g/mol. The van der Waals surface area contributed by atoms with E-state index in [4.69, 9.17) is 16.3 Å². The molecule has 1 aliphatic carbocycles. The summed E-state index contributed by atoms with van der Waals surface area (Å²) in [7, 11) is 0. The van der Waals surface area contributed by atoms with Crippen molar-refractivity contribution in [1.29, 1.82) is 0 Å². The summed E-state index contributed by atoms with van der Waals surface area (Å²) in [5, 5.41) is 0.658. The molecule has 6 heteroatoms. The summed E-state index contributed by atoms with van der Waals surface area (Å²) in [5.41, 5.74) is 0.891. The van der Waals surface area contributed by atoms with Gasteiger partial charge in [0.25, 0.3) is 0 Å². The fraction of sp³-hybridized carbons (Fsp3) is 0.440. The Morgan fingerprint density at radius 1 is 1.13 bits per heavy atom. The molecule has 162 valence electrons. The summed E-state index contributed by atoms with van der Waals surface area (Å²) < 4.78 is 6.02. The van der Waals surface area contributed by atoms with Gasteiger partial charge in [0, 0.05) is 30.3 Å². The van der Waals surface area contributed by atoms with Crippen LogP contribution in [-0.2, 0) is 32.0 Å². The number of carbonyl (C=O) groups excluding carboxylic acids is 3. The first-order valence-electron chi connectivity index (χ1n) is 10.9. The molecule has 2 atom stereocenters. The first-order valence-corrected chi connectivity index (χ1v) is 11.3. The lowest BCUT2D eigenvalue weighted by Gasteiger charge is -2.42. The molecule has 2 aromatic rings. The van der Waals surface area contributed by atoms with Crippen LogP contribution in [0.5, 0.6) is 0 Å². The number of cyclic esters (lactones) is 1. The zero-order chi connectivity index (χ0) is 21.8. The second-order valence-electron chi connectivity index (χ2n) is 8.68. The second kappa shape index (κ2) is 9.31. The van der Waals surface area contributed by atoms with Crippen molar-refractivity contribution in [3.63, 3.8) is 0 Å². The van der Waals surface area contributed by atoms with Crippen LogP contribution in [-0.4, -0.2) is 28.1 Å². The minimum absolute atomic E-state index is 0.00170. The van der Waals surface area contributed by atoms with Gasteiger partial charge in [-0.15, -0.1) is 0 Å². The average Bonchev–Trinajstić information content (AvgIpc) is 3.28. The smallest absolute Gasteiger partial charge is 0.324 e. The van der Waals surface area contributed by atoms with Crippen molar-refractivity contribution in [1.82, 2.24) is 4.98 Å². The van der Waals surface area contributed by atoms with E-state index in [9.17, 15) is 14.4 Å². The summed E-state index contributed by atoms with van der Waals surface area (Å²) in [6.45, 7) is 0. The number of aromatic nitrogens is 1. The van der Waals surface area contributed by atoms with Gasteiger partial charge in [0.1, 0.15) is 5.60 Å². The largest absolute Gasteiger partial charge is 0.457 e. The number of carbonyl (C=O) groups is 3. The lowest BCUT2D eigenvalue weighted by atomic mass is 9.73. The molecule has 0 bridgehead atoms. The van der Waals surface area contributed by atoms with Gasteiger partial charge >= 0.3 is 5.97 Å². The van der Waals surface area contributed by atoms with Crippen LogP contribution in [0.25, 0.3) is 0 Å². The Hall–Kier alpha value is -2.53. The van der Waals surface area contributed by atoms with Gasteiger partial charge in [-0.1, -0.05) is 42.6 Å². The van der Waals surface area contributed by atoms with Gasteiger partial charge in [-0.25, -0.2) is 0 Å². The maximum Gasteiger partial charge on any atom is 0.324 e. The van der Waals surface area contributed by atoms with E-state index in [2.05, 4.69) is 4.98 Å². The zero-order valence-corrected chi connectivity index (χ0v) is 18.1. The quantitative estimate of drug-likeness (QED) is 0.467. The lowest BCUT2D eigenvalue weighted by Crippen LogP contribution is -2.53. The highest BCUT2D eigenvalue weighted by Gasteiger charge is 2.53. The number of nitrogens with zero attached hydrogens (tertiary/aromatic N) is 1. The number of hydrogen-bond acceptors (Lipinski definition) is 5. The zero-order valence-electron chi connectivity index (χ0n) is 17.4. The molecule has 5 nitrogen and oxygen atoms in total. The maximum absolute atomic E-state index is 13.1. The molecule has 4 rings (SSSR count). The summed E-state index contributed by atoms with van der Waals surface area (Å²) in [4.78, 5) is 42.9. The Morgan fingerprint density at radius 2 is 1.90 bits per heavy atom. The fourth-order valence-electron chi connectivity index (χ4n) is 5.01. The fourth-order valence-corrected chi connectivity index (χ4v) is 5.23. The van der Waals surface area contributed by atoms with Crippen LogP contribution < -0.4 is 0 Å². The predicted octanol–water partition coefficient (Wildman–Crippen LogP) is 4.54. The molecule has 2 heterocycles. The molecule has 1 aromatic carbocycles. The van der Waals surface area contributed by atoms with Crippen molar-refractivity contribution in [2.75, 3.05) is 0 Å². The van der Waals surface area contributed by atoms with E-state index in [-0.39, 0.29) is 24.5 Å². The number of halogens is 1. The van der Waals surface area contributed by atoms with Gasteiger partial charge in [-0.3, -0.25) is 19.4 Å². The van der Waals surface area contributed by atoms with Crippen LogP contribution in [0.4, 0.5) is 0 Å². The van der Waals surface area contributed by atoms with Crippen LogP contribution in [0.15, 0.2) is 48.8 Å². The Labute approximate surface area is 187 Å². The van der Waals surface area contributed by atoms with Crippen molar-refractivity contribution in [3.05, 3.63) is 64.9 Å². The molecule has 2 aliphatic rings. The topological polar surface area (TPSA) is 73.3 Å². The molecule has 1 aromatic heterocycles. The monoisotopic (exact) mass is 439 g/mol. The van der Waals surface area contributed by atoms with E-state index in [1.807, 2.05) is 24.3 Å². The van der Waals surface area contributed by atoms with E-state index in [0.717, 1.165) is 31.2 Å². The number of ether oxygens (including phenoxy) is 1. The van der Waals surface area contributed by atoms with Gasteiger partial charge in [0.15, 0.2) is 17.5 Å². The minimum Gasteiger partial charge on any atom is -0.457 e. The highest BCUT2D eigenvalue weighted by Crippen LogP contribution is 2.45. The van der Waals surface area contributed by atoms with Gasteiger partial charge in [-0.05, 0) is 60.9 Å². The van der Waals surface area contributed by atoms with E-state index in [1.54, 1.807) is 24.5 Å². The number of ketones is 2. The predicted molar refractivity (Wildman–Crippen MR) is 117 cm³/mol. The summed E-state index contributed by atoms with van der Waals surface area (Å²) in [6.07, 6.45) is 8.51. The summed E-state index contributed by atoms with van der Waals surface area (Å²) >= 11 is 6.11.